The Hall–Kier alpha value is 0.350. The molecule has 0 radical (unpaired) electrons. The van der Waals surface area contributed by atoms with E-state index in [-0.39, 0.29) is 0 Å². The van der Waals surface area contributed by atoms with E-state index in [0.29, 0.717) is 10.7 Å². The highest BCUT2D eigenvalue weighted by molar-refractivity contribution is 7.80. The molecule has 0 N–H and O–H groups in total. The fourth-order valence-electron chi connectivity index (χ4n) is 2.95. The van der Waals surface area contributed by atoms with Gasteiger partial charge in [-0.3, -0.25) is 0 Å². The fourth-order valence-corrected chi connectivity index (χ4v) is 3.27. The average molecular weight is 184 g/mol. The van der Waals surface area contributed by atoms with Crippen LogP contribution in [0.1, 0.15) is 40.0 Å². The molecule has 0 aromatic rings. The summed E-state index contributed by atoms with van der Waals surface area (Å²) in [6.07, 6.45) is 4.38. The molecule has 4 unspecified atom stereocenters. The number of hydrogen-bond donors (Lipinski definition) is 1. The molecular formula is C11H20S. The van der Waals surface area contributed by atoms with Crippen molar-refractivity contribution in [3.63, 3.8) is 0 Å². The van der Waals surface area contributed by atoms with Gasteiger partial charge in [0.15, 0.2) is 0 Å². The highest BCUT2D eigenvalue weighted by Gasteiger charge is 2.56. The van der Waals surface area contributed by atoms with Crippen LogP contribution in [0.5, 0.6) is 0 Å². The van der Waals surface area contributed by atoms with Crippen molar-refractivity contribution < 1.29 is 0 Å². The van der Waals surface area contributed by atoms with E-state index < -0.39 is 0 Å². The van der Waals surface area contributed by atoms with E-state index in [9.17, 15) is 0 Å². The van der Waals surface area contributed by atoms with E-state index in [1.165, 1.54) is 19.3 Å². The average Bonchev–Trinajstić information content (AvgIpc) is 2.79. The number of thiol groups is 1. The van der Waals surface area contributed by atoms with Crippen LogP contribution in [0.15, 0.2) is 0 Å². The first-order valence-electron chi connectivity index (χ1n) is 5.24. The molecule has 70 valence electrons. The summed E-state index contributed by atoms with van der Waals surface area (Å²) in [4.78, 5) is 0. The van der Waals surface area contributed by atoms with Crippen LogP contribution in [0.3, 0.4) is 0 Å². The molecule has 2 saturated carbocycles. The summed E-state index contributed by atoms with van der Waals surface area (Å²) >= 11 is 4.54. The lowest BCUT2D eigenvalue weighted by atomic mass is 9.59. The lowest BCUT2D eigenvalue weighted by Gasteiger charge is -2.46. The Bertz CT molecular complexity index is 187. The molecule has 12 heavy (non-hydrogen) atoms. The summed E-state index contributed by atoms with van der Waals surface area (Å²) in [5.74, 6) is 2.91. The van der Waals surface area contributed by atoms with Crippen LogP contribution < -0.4 is 0 Å². The second kappa shape index (κ2) is 2.67. The van der Waals surface area contributed by atoms with Gasteiger partial charge >= 0.3 is 0 Å². The maximum Gasteiger partial charge on any atom is 0.00197 e. The van der Waals surface area contributed by atoms with Gasteiger partial charge in [-0.25, -0.2) is 0 Å². The van der Waals surface area contributed by atoms with Gasteiger partial charge in [0, 0.05) is 5.25 Å². The van der Waals surface area contributed by atoms with Crippen molar-refractivity contribution >= 4 is 12.6 Å². The largest absolute Gasteiger partial charge is 0.176 e. The van der Waals surface area contributed by atoms with E-state index in [1.54, 1.807) is 0 Å². The Labute approximate surface area is 81.5 Å². The normalized spacial score (nSPS) is 54.5. The van der Waals surface area contributed by atoms with Gasteiger partial charge in [-0.05, 0) is 42.4 Å². The summed E-state index contributed by atoms with van der Waals surface area (Å²) in [5, 5.41) is 0.625. The van der Waals surface area contributed by atoms with Gasteiger partial charge in [-0.1, -0.05) is 20.8 Å². The van der Waals surface area contributed by atoms with Gasteiger partial charge in [0.05, 0.1) is 0 Å². The van der Waals surface area contributed by atoms with Gasteiger partial charge in [-0.15, -0.1) is 0 Å². The smallest absolute Gasteiger partial charge is 0.00197 e. The molecule has 0 amide bonds. The van der Waals surface area contributed by atoms with Crippen LogP contribution in [0, 0.1) is 23.2 Å². The molecule has 0 heterocycles. The molecule has 2 aliphatic carbocycles. The van der Waals surface area contributed by atoms with Crippen LogP contribution in [-0.2, 0) is 0 Å². The Morgan fingerprint density at radius 1 is 1.50 bits per heavy atom. The van der Waals surface area contributed by atoms with Crippen LogP contribution in [0.25, 0.3) is 0 Å². The second-order valence-corrected chi connectivity index (χ2v) is 6.01. The first kappa shape index (κ1) is 8.93. The minimum atomic E-state index is 0.625. The van der Waals surface area contributed by atoms with Crippen molar-refractivity contribution in [2.45, 2.75) is 45.3 Å². The van der Waals surface area contributed by atoms with Crippen molar-refractivity contribution in [3.05, 3.63) is 0 Å². The SMILES string of the molecule is CC(S)C1CC1C1(C)CC[C@H]1C. The van der Waals surface area contributed by atoms with Crippen LogP contribution in [0.4, 0.5) is 0 Å². The predicted molar refractivity (Wildman–Crippen MR) is 56.6 cm³/mol. The molecule has 0 saturated heterocycles. The lowest BCUT2D eigenvalue weighted by molar-refractivity contribution is 0.0335. The molecule has 2 aliphatic rings. The number of rotatable bonds is 2. The van der Waals surface area contributed by atoms with Crippen molar-refractivity contribution in [1.29, 1.82) is 0 Å². The lowest BCUT2D eigenvalue weighted by Crippen LogP contribution is -2.38. The van der Waals surface area contributed by atoms with Gasteiger partial charge < -0.3 is 0 Å². The molecule has 0 aromatic carbocycles. The minimum Gasteiger partial charge on any atom is -0.176 e. The van der Waals surface area contributed by atoms with Crippen molar-refractivity contribution in [2.24, 2.45) is 23.2 Å². The summed E-state index contributed by atoms with van der Waals surface area (Å²) < 4.78 is 0. The van der Waals surface area contributed by atoms with Crippen LogP contribution in [-0.4, -0.2) is 5.25 Å². The van der Waals surface area contributed by atoms with Crippen molar-refractivity contribution in [2.75, 3.05) is 0 Å². The summed E-state index contributed by atoms with van der Waals surface area (Å²) in [6, 6.07) is 0. The molecular weight excluding hydrogens is 164 g/mol. The predicted octanol–water partition coefficient (Wildman–Crippen LogP) is 3.38. The van der Waals surface area contributed by atoms with Gasteiger partial charge in [-0.2, -0.15) is 12.6 Å². The summed E-state index contributed by atoms with van der Waals surface area (Å²) in [6.45, 7) is 7.16. The second-order valence-electron chi connectivity index (χ2n) is 5.19. The zero-order valence-electron chi connectivity index (χ0n) is 8.38. The Morgan fingerprint density at radius 2 is 2.17 bits per heavy atom. The van der Waals surface area contributed by atoms with Crippen molar-refractivity contribution in [3.8, 4) is 0 Å². The zero-order chi connectivity index (χ0) is 8.93. The molecule has 2 fully saturated rings. The number of hydrogen-bond acceptors (Lipinski definition) is 1. The maximum absolute atomic E-state index is 4.54. The Morgan fingerprint density at radius 3 is 2.42 bits per heavy atom. The Kier molecular flexibility index (Phi) is 1.98. The molecule has 5 atom stereocenters. The molecule has 0 spiro atoms. The topological polar surface area (TPSA) is 0 Å². The first-order valence-corrected chi connectivity index (χ1v) is 5.75. The first-order chi connectivity index (χ1) is 5.55. The molecule has 0 aliphatic heterocycles. The quantitative estimate of drug-likeness (QED) is 0.625. The standard InChI is InChI=1S/C11H20S/c1-7-4-5-11(7,3)10-6-9(10)8(2)12/h7-10,12H,4-6H2,1-3H3/t7-,8?,9?,10?,11?/m1/s1. The minimum absolute atomic E-state index is 0.625. The van der Waals surface area contributed by atoms with Crippen LogP contribution >= 0.6 is 12.6 Å². The third-order valence-corrected chi connectivity index (χ3v) is 4.93. The molecule has 0 bridgehead atoms. The van der Waals surface area contributed by atoms with E-state index in [1.807, 2.05) is 0 Å². The Balaban J connectivity index is 1.95. The van der Waals surface area contributed by atoms with E-state index in [2.05, 4.69) is 33.4 Å². The zero-order valence-corrected chi connectivity index (χ0v) is 9.27. The fraction of sp³-hybridized carbons (Fsp3) is 1.00. The third-order valence-electron chi connectivity index (χ3n) is 4.55. The molecule has 0 aromatic heterocycles. The van der Waals surface area contributed by atoms with Crippen LogP contribution in [0.2, 0.25) is 0 Å². The van der Waals surface area contributed by atoms with E-state index >= 15 is 0 Å². The van der Waals surface area contributed by atoms with E-state index in [0.717, 1.165) is 17.8 Å². The third kappa shape index (κ3) is 1.13. The summed E-state index contributed by atoms with van der Waals surface area (Å²) in [7, 11) is 0. The van der Waals surface area contributed by atoms with Gasteiger partial charge in [0.1, 0.15) is 0 Å². The highest BCUT2D eigenvalue weighted by atomic mass is 32.1. The monoisotopic (exact) mass is 184 g/mol. The molecule has 1 heteroatoms. The van der Waals surface area contributed by atoms with Crippen molar-refractivity contribution in [1.82, 2.24) is 0 Å². The maximum atomic E-state index is 4.54. The summed E-state index contributed by atoms with van der Waals surface area (Å²) in [5.41, 5.74) is 0.696. The molecule has 2 rings (SSSR count). The van der Waals surface area contributed by atoms with Gasteiger partial charge in [0.2, 0.25) is 0 Å². The van der Waals surface area contributed by atoms with E-state index in [4.69, 9.17) is 0 Å². The highest BCUT2D eigenvalue weighted by Crippen LogP contribution is 2.64. The van der Waals surface area contributed by atoms with Gasteiger partial charge in [0.25, 0.3) is 0 Å². The molecule has 0 nitrogen and oxygen atoms in total.